The van der Waals surface area contributed by atoms with Gasteiger partial charge in [0, 0.05) is 24.0 Å². The maximum atomic E-state index is 4.51. The Labute approximate surface area is 119 Å². The van der Waals surface area contributed by atoms with Gasteiger partial charge in [-0.1, -0.05) is 0 Å². The Kier molecular flexibility index (Phi) is 3.42. The molecule has 0 spiro atoms. The molecule has 0 fully saturated rings. The molecule has 0 unspecified atom stereocenters. The van der Waals surface area contributed by atoms with Crippen LogP contribution in [0.15, 0.2) is 6.33 Å². The molecule has 2 heterocycles. The Morgan fingerprint density at radius 3 is 2.85 bits per heavy atom. The SMILES string of the molecule is Cc1ncnc(N(C)Cc2n[nH]c3c2CCCC3)c1C. The fourth-order valence-electron chi connectivity index (χ4n) is 2.89. The number of rotatable bonds is 3. The van der Waals surface area contributed by atoms with E-state index in [-0.39, 0.29) is 0 Å². The smallest absolute Gasteiger partial charge is 0.135 e. The van der Waals surface area contributed by atoms with Crippen molar-refractivity contribution < 1.29 is 0 Å². The molecule has 0 radical (unpaired) electrons. The molecule has 1 aliphatic carbocycles. The van der Waals surface area contributed by atoms with E-state index in [9.17, 15) is 0 Å². The summed E-state index contributed by atoms with van der Waals surface area (Å²) in [6, 6.07) is 0. The lowest BCUT2D eigenvalue weighted by Crippen LogP contribution is -2.21. The van der Waals surface area contributed by atoms with Crippen LogP contribution in [-0.2, 0) is 19.4 Å². The first-order valence-corrected chi connectivity index (χ1v) is 7.21. The molecule has 0 aromatic carbocycles. The second-order valence-corrected chi connectivity index (χ2v) is 5.60. The number of aromatic amines is 1. The summed E-state index contributed by atoms with van der Waals surface area (Å²) in [5.41, 5.74) is 6.09. The molecule has 3 rings (SSSR count). The predicted molar refractivity (Wildman–Crippen MR) is 78.8 cm³/mol. The number of hydrogen-bond donors (Lipinski definition) is 1. The van der Waals surface area contributed by atoms with Gasteiger partial charge in [-0.05, 0) is 45.1 Å². The summed E-state index contributed by atoms with van der Waals surface area (Å²) in [5.74, 6) is 0.991. The molecule has 0 aliphatic heterocycles. The third-order valence-corrected chi connectivity index (χ3v) is 4.20. The molecule has 0 bridgehead atoms. The van der Waals surface area contributed by atoms with Gasteiger partial charge in [0.15, 0.2) is 0 Å². The highest BCUT2D eigenvalue weighted by Gasteiger charge is 2.18. The zero-order valence-electron chi connectivity index (χ0n) is 12.4. The van der Waals surface area contributed by atoms with Gasteiger partial charge in [0.05, 0.1) is 12.2 Å². The Morgan fingerprint density at radius 2 is 2.00 bits per heavy atom. The summed E-state index contributed by atoms with van der Waals surface area (Å²) in [6.07, 6.45) is 6.46. The van der Waals surface area contributed by atoms with Crippen molar-refractivity contribution >= 4 is 5.82 Å². The van der Waals surface area contributed by atoms with Crippen LogP contribution in [0.2, 0.25) is 0 Å². The van der Waals surface area contributed by atoms with Crippen molar-refractivity contribution in [3.05, 3.63) is 34.5 Å². The number of nitrogens with one attached hydrogen (secondary N) is 1. The van der Waals surface area contributed by atoms with Crippen LogP contribution >= 0.6 is 0 Å². The first kappa shape index (κ1) is 13.1. The molecular weight excluding hydrogens is 250 g/mol. The monoisotopic (exact) mass is 271 g/mol. The standard InChI is InChI=1S/C15H21N5/c1-10-11(2)16-9-17-15(10)20(3)8-14-12-6-4-5-7-13(12)18-19-14/h9H,4-8H2,1-3H3,(H,18,19). The van der Waals surface area contributed by atoms with Crippen molar-refractivity contribution in [2.45, 2.75) is 46.1 Å². The van der Waals surface area contributed by atoms with Crippen LogP contribution in [0.3, 0.4) is 0 Å². The average Bonchev–Trinajstić information content (AvgIpc) is 2.85. The van der Waals surface area contributed by atoms with Crippen molar-refractivity contribution in [1.29, 1.82) is 0 Å². The van der Waals surface area contributed by atoms with Gasteiger partial charge in [0.2, 0.25) is 0 Å². The van der Waals surface area contributed by atoms with Gasteiger partial charge in [-0.2, -0.15) is 5.10 Å². The maximum Gasteiger partial charge on any atom is 0.135 e. The molecule has 5 nitrogen and oxygen atoms in total. The number of aromatic nitrogens is 4. The lowest BCUT2D eigenvalue weighted by atomic mass is 9.96. The van der Waals surface area contributed by atoms with Crippen LogP contribution in [0, 0.1) is 13.8 Å². The summed E-state index contributed by atoms with van der Waals surface area (Å²) >= 11 is 0. The highest BCUT2D eigenvalue weighted by Crippen LogP contribution is 2.25. The average molecular weight is 271 g/mol. The zero-order valence-corrected chi connectivity index (χ0v) is 12.4. The van der Waals surface area contributed by atoms with E-state index in [1.807, 2.05) is 6.92 Å². The molecule has 0 saturated carbocycles. The molecule has 5 heteroatoms. The van der Waals surface area contributed by atoms with E-state index in [1.54, 1.807) is 6.33 Å². The molecule has 20 heavy (non-hydrogen) atoms. The number of aryl methyl sites for hydroxylation is 2. The van der Waals surface area contributed by atoms with E-state index in [2.05, 4.69) is 39.0 Å². The van der Waals surface area contributed by atoms with Gasteiger partial charge in [0.1, 0.15) is 12.1 Å². The molecule has 0 saturated heterocycles. The van der Waals surface area contributed by atoms with Gasteiger partial charge >= 0.3 is 0 Å². The van der Waals surface area contributed by atoms with E-state index in [4.69, 9.17) is 0 Å². The second-order valence-electron chi connectivity index (χ2n) is 5.60. The number of H-pyrrole nitrogens is 1. The van der Waals surface area contributed by atoms with Gasteiger partial charge in [-0.25, -0.2) is 9.97 Å². The molecule has 0 amide bonds. The Bertz CT molecular complexity index is 617. The summed E-state index contributed by atoms with van der Waals surface area (Å²) in [5, 5.41) is 7.70. The fourth-order valence-corrected chi connectivity index (χ4v) is 2.89. The predicted octanol–water partition coefficient (Wildman–Crippen LogP) is 2.33. The van der Waals surface area contributed by atoms with Crippen molar-refractivity contribution in [3.8, 4) is 0 Å². The number of anilines is 1. The van der Waals surface area contributed by atoms with Gasteiger partial charge in [0.25, 0.3) is 0 Å². The third kappa shape index (κ3) is 2.28. The fraction of sp³-hybridized carbons (Fsp3) is 0.533. The molecule has 1 N–H and O–H groups in total. The summed E-state index contributed by atoms with van der Waals surface area (Å²) < 4.78 is 0. The highest BCUT2D eigenvalue weighted by atomic mass is 15.2. The van der Waals surface area contributed by atoms with Crippen LogP contribution in [0.25, 0.3) is 0 Å². The van der Waals surface area contributed by atoms with Crippen LogP contribution in [0.4, 0.5) is 5.82 Å². The minimum Gasteiger partial charge on any atom is -0.353 e. The number of fused-ring (bicyclic) bond motifs is 1. The van der Waals surface area contributed by atoms with Gasteiger partial charge in [-0.15, -0.1) is 0 Å². The third-order valence-electron chi connectivity index (χ3n) is 4.20. The molecule has 2 aromatic heterocycles. The Hall–Kier alpha value is -1.91. The normalized spacial score (nSPS) is 14.2. The van der Waals surface area contributed by atoms with E-state index in [0.29, 0.717) is 0 Å². The molecule has 0 atom stereocenters. The lowest BCUT2D eigenvalue weighted by Gasteiger charge is -2.20. The van der Waals surface area contributed by atoms with Crippen LogP contribution in [0.1, 0.15) is 41.1 Å². The van der Waals surface area contributed by atoms with Crippen molar-refractivity contribution in [1.82, 2.24) is 20.2 Å². The minimum atomic E-state index is 0.795. The summed E-state index contributed by atoms with van der Waals surface area (Å²) in [4.78, 5) is 10.8. The largest absolute Gasteiger partial charge is 0.353 e. The first-order chi connectivity index (χ1) is 9.66. The first-order valence-electron chi connectivity index (χ1n) is 7.21. The summed E-state index contributed by atoms with van der Waals surface area (Å²) in [6.45, 7) is 4.88. The topological polar surface area (TPSA) is 57.7 Å². The molecule has 2 aromatic rings. The van der Waals surface area contributed by atoms with Gasteiger partial charge < -0.3 is 4.90 Å². The quantitative estimate of drug-likeness (QED) is 0.931. The highest BCUT2D eigenvalue weighted by molar-refractivity contribution is 5.47. The van der Waals surface area contributed by atoms with Crippen molar-refractivity contribution in [2.24, 2.45) is 0 Å². The van der Waals surface area contributed by atoms with Crippen molar-refractivity contribution in [3.63, 3.8) is 0 Å². The maximum absolute atomic E-state index is 4.51. The number of hydrogen-bond acceptors (Lipinski definition) is 4. The zero-order chi connectivity index (χ0) is 14.1. The molecule has 1 aliphatic rings. The lowest BCUT2D eigenvalue weighted by molar-refractivity contribution is 0.671. The second kappa shape index (κ2) is 5.23. The van der Waals surface area contributed by atoms with Crippen LogP contribution < -0.4 is 4.90 Å². The van der Waals surface area contributed by atoms with Crippen LogP contribution in [-0.4, -0.2) is 27.2 Å². The van der Waals surface area contributed by atoms with E-state index in [0.717, 1.165) is 42.2 Å². The number of nitrogens with zero attached hydrogens (tertiary/aromatic N) is 4. The van der Waals surface area contributed by atoms with Crippen LogP contribution in [0.5, 0.6) is 0 Å². The van der Waals surface area contributed by atoms with E-state index < -0.39 is 0 Å². The minimum absolute atomic E-state index is 0.795. The van der Waals surface area contributed by atoms with E-state index in [1.165, 1.54) is 24.1 Å². The Morgan fingerprint density at radius 1 is 1.20 bits per heavy atom. The van der Waals surface area contributed by atoms with Crippen molar-refractivity contribution in [2.75, 3.05) is 11.9 Å². The van der Waals surface area contributed by atoms with E-state index >= 15 is 0 Å². The Balaban J connectivity index is 1.84. The van der Waals surface area contributed by atoms with Gasteiger partial charge in [-0.3, -0.25) is 5.10 Å². The molecular formula is C15H21N5. The molecule has 106 valence electrons. The summed E-state index contributed by atoms with van der Waals surface area (Å²) in [7, 11) is 2.07.